The fourth-order valence-corrected chi connectivity index (χ4v) is 3.11. The Hall–Kier alpha value is -1.71. The molecule has 0 radical (unpaired) electrons. The molecule has 1 saturated heterocycles. The Labute approximate surface area is 191 Å². The second-order valence-corrected chi connectivity index (χ2v) is 8.09. The number of guanidine groups is 1. The molecule has 164 valence electrons. The Bertz CT molecular complexity index is 659. The second-order valence-electron chi connectivity index (χ2n) is 8.09. The zero-order valence-corrected chi connectivity index (χ0v) is 20.5. The van der Waals surface area contributed by atoms with Crippen molar-refractivity contribution >= 4 is 36.0 Å². The predicted octanol–water partition coefficient (Wildman–Crippen LogP) is 3.63. The molecule has 1 aromatic rings. The van der Waals surface area contributed by atoms with Crippen molar-refractivity contribution in [3.05, 3.63) is 29.8 Å². The van der Waals surface area contributed by atoms with Crippen molar-refractivity contribution in [2.45, 2.75) is 45.8 Å². The molecule has 0 aromatic heterocycles. The number of nitrogens with zero attached hydrogens (tertiary/aromatic N) is 2. The molecule has 1 heterocycles. The van der Waals surface area contributed by atoms with Gasteiger partial charge in [-0.3, -0.25) is 4.99 Å². The summed E-state index contributed by atoms with van der Waals surface area (Å²) in [4.78, 5) is 18.4. The van der Waals surface area contributed by atoms with Gasteiger partial charge in [0.25, 0.3) is 0 Å². The van der Waals surface area contributed by atoms with Gasteiger partial charge >= 0.3 is 6.09 Å². The zero-order valence-electron chi connectivity index (χ0n) is 18.2. The molecular weight excluding hydrogens is 483 g/mol. The van der Waals surface area contributed by atoms with Crippen LogP contribution >= 0.6 is 24.0 Å². The van der Waals surface area contributed by atoms with E-state index in [1.807, 2.05) is 49.9 Å². The molecule has 1 aromatic carbocycles. The number of ether oxygens (including phenoxy) is 2. The Morgan fingerprint density at radius 3 is 2.52 bits per heavy atom. The quantitative estimate of drug-likeness (QED) is 0.354. The van der Waals surface area contributed by atoms with Crippen LogP contribution in [0.2, 0.25) is 0 Å². The van der Waals surface area contributed by atoms with Gasteiger partial charge < -0.3 is 25.0 Å². The number of amides is 1. The summed E-state index contributed by atoms with van der Waals surface area (Å²) in [6, 6.07) is 7.94. The van der Waals surface area contributed by atoms with Crippen LogP contribution in [0, 0.1) is 5.92 Å². The van der Waals surface area contributed by atoms with Gasteiger partial charge in [0.15, 0.2) is 5.96 Å². The van der Waals surface area contributed by atoms with E-state index in [1.165, 1.54) is 0 Å². The molecule has 2 N–H and O–H groups in total. The second kappa shape index (κ2) is 12.1. The van der Waals surface area contributed by atoms with Crippen molar-refractivity contribution in [2.24, 2.45) is 10.9 Å². The summed E-state index contributed by atoms with van der Waals surface area (Å²) in [5.41, 5.74) is 0.688. The van der Waals surface area contributed by atoms with Gasteiger partial charge in [-0.1, -0.05) is 12.1 Å². The number of nitrogens with one attached hydrogen (secondary N) is 2. The molecule has 1 amide bonds. The van der Waals surface area contributed by atoms with E-state index < -0.39 is 5.60 Å². The number of carbonyl (C=O) groups excluding carboxylic acids is 1. The summed E-state index contributed by atoms with van der Waals surface area (Å²) in [7, 11) is 3.42. The van der Waals surface area contributed by atoms with E-state index in [2.05, 4.69) is 15.6 Å². The molecule has 1 aliphatic heterocycles. The molecule has 8 heteroatoms. The third kappa shape index (κ3) is 9.10. The van der Waals surface area contributed by atoms with Crippen LogP contribution in [-0.4, -0.2) is 56.3 Å². The Morgan fingerprint density at radius 2 is 1.93 bits per heavy atom. The van der Waals surface area contributed by atoms with Gasteiger partial charge in [0.2, 0.25) is 0 Å². The Balaban J connectivity index is 0.00000420. The number of halogens is 1. The molecule has 0 aliphatic carbocycles. The highest BCUT2D eigenvalue weighted by Gasteiger charge is 2.27. The highest BCUT2D eigenvalue weighted by molar-refractivity contribution is 14.0. The summed E-state index contributed by atoms with van der Waals surface area (Å²) < 4.78 is 10.7. The van der Waals surface area contributed by atoms with Gasteiger partial charge in [0, 0.05) is 33.2 Å². The maximum Gasteiger partial charge on any atom is 0.410 e. The maximum absolute atomic E-state index is 12.3. The number of piperidine rings is 1. The van der Waals surface area contributed by atoms with Crippen LogP contribution < -0.4 is 15.4 Å². The number of rotatable bonds is 5. The van der Waals surface area contributed by atoms with E-state index in [1.54, 1.807) is 14.2 Å². The highest BCUT2D eigenvalue weighted by Crippen LogP contribution is 2.19. The van der Waals surface area contributed by atoms with Crippen molar-refractivity contribution in [2.75, 3.05) is 33.8 Å². The van der Waals surface area contributed by atoms with Crippen molar-refractivity contribution in [1.29, 1.82) is 0 Å². The first-order valence-corrected chi connectivity index (χ1v) is 9.86. The summed E-state index contributed by atoms with van der Waals surface area (Å²) in [5, 5.41) is 6.70. The fraction of sp³-hybridized carbons (Fsp3) is 0.619. The van der Waals surface area contributed by atoms with Crippen LogP contribution in [-0.2, 0) is 11.3 Å². The molecule has 1 unspecified atom stereocenters. The number of likely N-dealkylation sites (tertiary alicyclic amines) is 1. The lowest BCUT2D eigenvalue weighted by Crippen LogP contribution is -2.47. The van der Waals surface area contributed by atoms with E-state index in [-0.39, 0.29) is 30.1 Å². The van der Waals surface area contributed by atoms with E-state index in [0.717, 1.165) is 43.2 Å². The van der Waals surface area contributed by atoms with Crippen molar-refractivity contribution in [3.63, 3.8) is 0 Å². The van der Waals surface area contributed by atoms with E-state index in [9.17, 15) is 4.79 Å². The number of carbonyl (C=O) groups is 1. The lowest BCUT2D eigenvalue weighted by molar-refractivity contribution is 0.0168. The molecule has 1 atom stereocenters. The largest absolute Gasteiger partial charge is 0.497 e. The molecule has 1 aliphatic rings. The molecule has 29 heavy (non-hydrogen) atoms. The van der Waals surface area contributed by atoms with Gasteiger partial charge in [-0.2, -0.15) is 0 Å². The average molecular weight is 518 g/mol. The number of hydrogen-bond acceptors (Lipinski definition) is 4. The maximum atomic E-state index is 12.3. The van der Waals surface area contributed by atoms with E-state index in [0.29, 0.717) is 19.0 Å². The topological polar surface area (TPSA) is 75.2 Å². The minimum atomic E-state index is -0.463. The molecule has 0 saturated carbocycles. The van der Waals surface area contributed by atoms with Gasteiger partial charge in [0.05, 0.1) is 7.11 Å². The zero-order chi connectivity index (χ0) is 20.6. The first-order chi connectivity index (χ1) is 13.3. The highest BCUT2D eigenvalue weighted by atomic mass is 127. The van der Waals surface area contributed by atoms with Crippen LogP contribution in [0.3, 0.4) is 0 Å². The first-order valence-electron chi connectivity index (χ1n) is 9.86. The van der Waals surface area contributed by atoms with Crippen molar-refractivity contribution in [1.82, 2.24) is 15.5 Å². The lowest BCUT2D eigenvalue weighted by atomic mass is 9.98. The van der Waals surface area contributed by atoms with Gasteiger partial charge in [0.1, 0.15) is 11.4 Å². The summed E-state index contributed by atoms with van der Waals surface area (Å²) in [6.45, 7) is 8.60. The molecule has 2 rings (SSSR count). The lowest BCUT2D eigenvalue weighted by Gasteiger charge is -2.34. The number of benzene rings is 1. The minimum absolute atomic E-state index is 0. The molecular formula is C21H35IN4O3. The fourth-order valence-electron chi connectivity index (χ4n) is 3.11. The minimum Gasteiger partial charge on any atom is -0.497 e. The normalized spacial score (nSPS) is 17.2. The third-order valence-electron chi connectivity index (χ3n) is 4.57. The smallest absolute Gasteiger partial charge is 0.410 e. The molecule has 1 fully saturated rings. The van der Waals surface area contributed by atoms with Gasteiger partial charge in [-0.15, -0.1) is 24.0 Å². The standard InChI is InChI=1S/C21H34N4O3.HI/c1-21(2,3)28-20(26)25-12-6-7-17(15-25)14-24-19(22-4)23-13-16-8-10-18(27-5)11-9-16;/h8-11,17H,6-7,12-15H2,1-5H3,(H2,22,23,24);1H. The van der Waals surface area contributed by atoms with Gasteiger partial charge in [-0.05, 0) is 57.2 Å². The molecule has 0 bridgehead atoms. The SMILES string of the molecule is CN=C(NCc1ccc(OC)cc1)NCC1CCCN(C(=O)OC(C)(C)C)C1.I. The van der Waals surface area contributed by atoms with E-state index in [4.69, 9.17) is 9.47 Å². The van der Waals surface area contributed by atoms with Crippen LogP contribution in [0.1, 0.15) is 39.2 Å². The van der Waals surface area contributed by atoms with Crippen LogP contribution in [0.4, 0.5) is 4.79 Å². The Morgan fingerprint density at radius 1 is 1.24 bits per heavy atom. The molecule has 7 nitrogen and oxygen atoms in total. The number of aliphatic imine (C=N–C) groups is 1. The molecule has 0 spiro atoms. The van der Waals surface area contributed by atoms with Crippen molar-refractivity contribution in [3.8, 4) is 5.75 Å². The summed E-state index contributed by atoms with van der Waals surface area (Å²) in [5.74, 6) is 1.98. The van der Waals surface area contributed by atoms with Crippen LogP contribution in [0.15, 0.2) is 29.3 Å². The van der Waals surface area contributed by atoms with Crippen LogP contribution in [0.5, 0.6) is 5.75 Å². The predicted molar refractivity (Wildman–Crippen MR) is 127 cm³/mol. The van der Waals surface area contributed by atoms with E-state index >= 15 is 0 Å². The summed E-state index contributed by atoms with van der Waals surface area (Å²) >= 11 is 0. The Kier molecular flexibility index (Phi) is 10.6. The summed E-state index contributed by atoms with van der Waals surface area (Å²) in [6.07, 6.45) is 1.85. The number of methoxy groups -OCH3 is 1. The van der Waals surface area contributed by atoms with Gasteiger partial charge in [-0.25, -0.2) is 4.79 Å². The van der Waals surface area contributed by atoms with Crippen molar-refractivity contribution < 1.29 is 14.3 Å². The first kappa shape index (κ1) is 25.3. The number of hydrogen-bond donors (Lipinski definition) is 2. The third-order valence-corrected chi connectivity index (χ3v) is 4.57. The average Bonchev–Trinajstić information content (AvgIpc) is 2.67. The van der Waals surface area contributed by atoms with Crippen LogP contribution in [0.25, 0.3) is 0 Å². The monoisotopic (exact) mass is 518 g/mol.